The SMILES string of the molecule is COc1cc2ccncc2c2c1OCO2. The number of hydrogen-bond donors (Lipinski definition) is 0. The molecule has 1 aromatic heterocycles. The van der Waals surface area contributed by atoms with Gasteiger partial charge in [-0.25, -0.2) is 0 Å². The summed E-state index contributed by atoms with van der Waals surface area (Å²) >= 11 is 0. The van der Waals surface area contributed by atoms with Crippen LogP contribution in [-0.2, 0) is 0 Å². The Balaban J connectivity index is 2.40. The van der Waals surface area contributed by atoms with E-state index in [1.54, 1.807) is 19.5 Å². The number of methoxy groups -OCH3 is 1. The molecule has 3 rings (SSSR count). The fraction of sp³-hybridized carbons (Fsp3) is 0.182. The molecule has 2 heterocycles. The van der Waals surface area contributed by atoms with Crippen molar-refractivity contribution in [1.29, 1.82) is 0 Å². The summed E-state index contributed by atoms with van der Waals surface area (Å²) in [5.74, 6) is 2.08. The van der Waals surface area contributed by atoms with Crippen LogP contribution in [0.15, 0.2) is 24.5 Å². The maximum atomic E-state index is 5.41. The number of rotatable bonds is 1. The zero-order chi connectivity index (χ0) is 10.3. The molecule has 0 fully saturated rings. The van der Waals surface area contributed by atoms with Crippen molar-refractivity contribution >= 4 is 10.8 Å². The Kier molecular flexibility index (Phi) is 1.68. The third-order valence-electron chi connectivity index (χ3n) is 2.44. The minimum Gasteiger partial charge on any atom is -0.493 e. The molecule has 0 saturated heterocycles. The van der Waals surface area contributed by atoms with Gasteiger partial charge in [0.1, 0.15) is 0 Å². The van der Waals surface area contributed by atoms with Crippen molar-refractivity contribution in [2.75, 3.05) is 13.9 Å². The predicted octanol–water partition coefficient (Wildman–Crippen LogP) is 1.97. The van der Waals surface area contributed by atoms with Gasteiger partial charge in [-0.2, -0.15) is 0 Å². The average Bonchev–Trinajstić information content (AvgIpc) is 2.77. The van der Waals surface area contributed by atoms with E-state index in [9.17, 15) is 0 Å². The molecule has 76 valence electrons. The second-order valence-corrected chi connectivity index (χ2v) is 3.24. The van der Waals surface area contributed by atoms with Crippen LogP contribution in [0.25, 0.3) is 10.8 Å². The molecule has 0 saturated carbocycles. The van der Waals surface area contributed by atoms with Gasteiger partial charge < -0.3 is 14.2 Å². The summed E-state index contributed by atoms with van der Waals surface area (Å²) < 4.78 is 16.0. The molecule has 1 aliphatic heterocycles. The predicted molar refractivity (Wildman–Crippen MR) is 54.4 cm³/mol. The van der Waals surface area contributed by atoms with Crippen molar-refractivity contribution < 1.29 is 14.2 Å². The van der Waals surface area contributed by atoms with Crippen LogP contribution in [0, 0.1) is 0 Å². The minimum atomic E-state index is 0.236. The van der Waals surface area contributed by atoms with E-state index in [-0.39, 0.29) is 6.79 Å². The highest BCUT2D eigenvalue weighted by atomic mass is 16.7. The van der Waals surface area contributed by atoms with E-state index in [4.69, 9.17) is 14.2 Å². The van der Waals surface area contributed by atoms with E-state index in [1.165, 1.54) is 0 Å². The Bertz CT molecular complexity index is 524. The average molecular weight is 203 g/mol. The van der Waals surface area contributed by atoms with Crippen LogP contribution in [0.1, 0.15) is 0 Å². The summed E-state index contributed by atoms with van der Waals surface area (Å²) in [5, 5.41) is 1.98. The van der Waals surface area contributed by atoms with Crippen LogP contribution in [0.2, 0.25) is 0 Å². The lowest BCUT2D eigenvalue weighted by Crippen LogP contribution is -1.93. The molecule has 0 amide bonds. The molecule has 1 aromatic carbocycles. The molecule has 2 aromatic rings. The van der Waals surface area contributed by atoms with Crippen LogP contribution in [-0.4, -0.2) is 18.9 Å². The molecule has 0 radical (unpaired) electrons. The van der Waals surface area contributed by atoms with Gasteiger partial charge in [0.25, 0.3) is 0 Å². The van der Waals surface area contributed by atoms with Crippen LogP contribution in [0.3, 0.4) is 0 Å². The van der Waals surface area contributed by atoms with E-state index in [0.717, 1.165) is 16.5 Å². The highest BCUT2D eigenvalue weighted by molar-refractivity contribution is 5.92. The molecule has 0 unspecified atom stereocenters. The lowest BCUT2D eigenvalue weighted by atomic mass is 10.1. The van der Waals surface area contributed by atoms with E-state index in [2.05, 4.69) is 4.98 Å². The van der Waals surface area contributed by atoms with Gasteiger partial charge in [-0.3, -0.25) is 4.98 Å². The first-order valence-electron chi connectivity index (χ1n) is 4.60. The number of pyridine rings is 1. The second-order valence-electron chi connectivity index (χ2n) is 3.24. The summed E-state index contributed by atoms with van der Waals surface area (Å²) in [7, 11) is 1.62. The molecule has 15 heavy (non-hydrogen) atoms. The van der Waals surface area contributed by atoms with Crippen molar-refractivity contribution in [2.24, 2.45) is 0 Å². The van der Waals surface area contributed by atoms with Crippen molar-refractivity contribution in [3.05, 3.63) is 24.5 Å². The maximum Gasteiger partial charge on any atom is 0.231 e. The van der Waals surface area contributed by atoms with Gasteiger partial charge in [0.05, 0.1) is 7.11 Å². The third kappa shape index (κ3) is 1.11. The first kappa shape index (κ1) is 8.35. The molecule has 0 atom stereocenters. The first-order valence-corrected chi connectivity index (χ1v) is 4.60. The van der Waals surface area contributed by atoms with Gasteiger partial charge in [-0.15, -0.1) is 0 Å². The molecule has 0 bridgehead atoms. The lowest BCUT2D eigenvalue weighted by Gasteiger charge is -2.06. The molecular formula is C11H9NO3. The zero-order valence-electron chi connectivity index (χ0n) is 8.19. The second kappa shape index (κ2) is 3.02. The van der Waals surface area contributed by atoms with Crippen LogP contribution in [0.4, 0.5) is 0 Å². The third-order valence-corrected chi connectivity index (χ3v) is 2.44. The number of benzene rings is 1. The zero-order valence-corrected chi connectivity index (χ0v) is 8.19. The number of hydrogen-bond acceptors (Lipinski definition) is 4. The highest BCUT2D eigenvalue weighted by Crippen LogP contribution is 2.45. The number of fused-ring (bicyclic) bond motifs is 3. The normalized spacial score (nSPS) is 13.1. The Morgan fingerprint density at radius 1 is 1.33 bits per heavy atom. The monoisotopic (exact) mass is 203 g/mol. The summed E-state index contributed by atoms with van der Waals surface area (Å²) in [4.78, 5) is 4.07. The number of nitrogens with zero attached hydrogens (tertiary/aromatic N) is 1. The smallest absolute Gasteiger partial charge is 0.231 e. The first-order chi connectivity index (χ1) is 7.40. The van der Waals surface area contributed by atoms with Gasteiger partial charge in [-0.05, 0) is 17.5 Å². The van der Waals surface area contributed by atoms with Gasteiger partial charge in [0.2, 0.25) is 12.5 Å². The van der Waals surface area contributed by atoms with E-state index >= 15 is 0 Å². The molecule has 1 aliphatic rings. The highest BCUT2D eigenvalue weighted by Gasteiger charge is 2.22. The van der Waals surface area contributed by atoms with Crippen LogP contribution < -0.4 is 14.2 Å². The fourth-order valence-electron chi connectivity index (χ4n) is 1.74. The topological polar surface area (TPSA) is 40.6 Å². The van der Waals surface area contributed by atoms with Crippen LogP contribution >= 0.6 is 0 Å². The summed E-state index contributed by atoms with van der Waals surface area (Å²) in [6, 6.07) is 3.84. The van der Waals surface area contributed by atoms with E-state index in [1.807, 2.05) is 12.1 Å². The molecule has 4 nitrogen and oxygen atoms in total. The molecule has 0 aliphatic carbocycles. The van der Waals surface area contributed by atoms with Crippen LogP contribution in [0.5, 0.6) is 17.2 Å². The minimum absolute atomic E-state index is 0.236. The van der Waals surface area contributed by atoms with Gasteiger partial charge in [-0.1, -0.05) is 0 Å². The van der Waals surface area contributed by atoms with Gasteiger partial charge in [0.15, 0.2) is 11.5 Å². The summed E-state index contributed by atoms with van der Waals surface area (Å²) in [5.41, 5.74) is 0. The van der Waals surface area contributed by atoms with E-state index < -0.39 is 0 Å². The van der Waals surface area contributed by atoms with Crippen molar-refractivity contribution in [3.8, 4) is 17.2 Å². The van der Waals surface area contributed by atoms with Gasteiger partial charge in [0, 0.05) is 17.8 Å². The quantitative estimate of drug-likeness (QED) is 0.710. The molecule has 0 N–H and O–H groups in total. The van der Waals surface area contributed by atoms with Gasteiger partial charge >= 0.3 is 0 Å². The molecule has 4 heteroatoms. The number of ether oxygens (including phenoxy) is 3. The Hall–Kier alpha value is -1.97. The maximum absolute atomic E-state index is 5.41. The summed E-state index contributed by atoms with van der Waals surface area (Å²) in [6.45, 7) is 0.236. The lowest BCUT2D eigenvalue weighted by molar-refractivity contribution is 0.172. The Morgan fingerprint density at radius 2 is 2.20 bits per heavy atom. The van der Waals surface area contributed by atoms with Crippen molar-refractivity contribution in [2.45, 2.75) is 0 Å². The van der Waals surface area contributed by atoms with E-state index in [0.29, 0.717) is 11.5 Å². The number of aromatic nitrogens is 1. The van der Waals surface area contributed by atoms with Crippen molar-refractivity contribution in [3.63, 3.8) is 0 Å². The van der Waals surface area contributed by atoms with Crippen molar-refractivity contribution in [1.82, 2.24) is 4.98 Å². The fourth-order valence-corrected chi connectivity index (χ4v) is 1.74. The standard InChI is InChI=1S/C11H9NO3/c1-13-9-4-7-2-3-12-5-8(7)10-11(9)15-6-14-10/h2-5H,6H2,1H3. The Labute approximate surface area is 86.4 Å². The summed E-state index contributed by atoms with van der Waals surface area (Å²) in [6.07, 6.45) is 3.51. The molecule has 0 spiro atoms. The largest absolute Gasteiger partial charge is 0.493 e. The molecular weight excluding hydrogens is 194 g/mol. The Morgan fingerprint density at radius 3 is 3.07 bits per heavy atom.